The maximum Gasteiger partial charge on any atom is 0.410 e. The zero-order chi connectivity index (χ0) is 25.3. The fraction of sp³-hybridized carbons (Fsp3) is 0.500. The largest absolute Gasteiger partial charge is 0.444 e. The molecule has 5 heteroatoms. The first kappa shape index (κ1) is 27.0. The molecule has 5 nitrogen and oxygen atoms in total. The first-order valence-corrected chi connectivity index (χ1v) is 12.7. The Balaban J connectivity index is 1.82. The number of unbranched alkanes of at least 4 members (excludes halogenated alkanes) is 1. The van der Waals surface area contributed by atoms with E-state index in [1.54, 1.807) is 0 Å². The minimum Gasteiger partial charge on any atom is -0.444 e. The van der Waals surface area contributed by atoms with Gasteiger partial charge in [-0.1, -0.05) is 73.7 Å². The molecule has 1 unspecified atom stereocenters. The summed E-state index contributed by atoms with van der Waals surface area (Å²) in [6, 6.07) is 20.0. The average Bonchev–Trinajstić information content (AvgIpc) is 3.09. The molecule has 1 aliphatic heterocycles. The van der Waals surface area contributed by atoms with Gasteiger partial charge in [-0.3, -0.25) is 4.90 Å². The average molecular weight is 480 g/mol. The van der Waals surface area contributed by atoms with Crippen molar-refractivity contribution in [2.24, 2.45) is 5.92 Å². The van der Waals surface area contributed by atoms with Crippen LogP contribution in [0, 0.1) is 5.92 Å². The van der Waals surface area contributed by atoms with Crippen LogP contribution in [0.1, 0.15) is 58.1 Å². The quantitative estimate of drug-likeness (QED) is 0.264. The van der Waals surface area contributed by atoms with E-state index < -0.39 is 5.60 Å². The van der Waals surface area contributed by atoms with Gasteiger partial charge < -0.3 is 14.2 Å². The highest BCUT2D eigenvalue weighted by molar-refractivity contribution is 5.70. The molecule has 0 aliphatic carbocycles. The predicted molar refractivity (Wildman–Crippen MR) is 140 cm³/mol. The molecule has 2 aromatic carbocycles. The zero-order valence-corrected chi connectivity index (χ0v) is 21.7. The SMILES string of the molecule is C=CCCC[C@@H]1C(C)[C@@H](OCc2ccccc2)[C@@H](COCc2ccccc2)N1C(=O)OC(C)(C)C. The minimum atomic E-state index is -0.579. The van der Waals surface area contributed by atoms with Crippen molar-refractivity contribution < 1.29 is 19.0 Å². The summed E-state index contributed by atoms with van der Waals surface area (Å²) in [5, 5.41) is 0. The summed E-state index contributed by atoms with van der Waals surface area (Å²) in [5.74, 6) is 0.140. The van der Waals surface area contributed by atoms with Crippen molar-refractivity contribution in [1.29, 1.82) is 0 Å². The standard InChI is InChI=1S/C30H41NO4/c1-6-7-10-19-26-23(2)28(34-21-25-17-13-9-14-18-25)27(31(26)29(32)35-30(3,4)5)22-33-20-24-15-11-8-12-16-24/h6,8-9,11-18,23,26-28H,1,7,10,19-22H2,2-5H3/t23?,26-,27-,28-/m1/s1. The van der Waals surface area contributed by atoms with Crippen molar-refractivity contribution >= 4 is 6.09 Å². The van der Waals surface area contributed by atoms with Crippen LogP contribution in [0.15, 0.2) is 73.3 Å². The molecule has 0 spiro atoms. The molecule has 190 valence electrons. The molecule has 4 atom stereocenters. The van der Waals surface area contributed by atoms with Crippen molar-refractivity contribution in [3.05, 3.63) is 84.4 Å². The molecule has 35 heavy (non-hydrogen) atoms. The van der Waals surface area contributed by atoms with Crippen molar-refractivity contribution in [3.8, 4) is 0 Å². The van der Waals surface area contributed by atoms with Gasteiger partial charge in [-0.15, -0.1) is 6.58 Å². The smallest absolute Gasteiger partial charge is 0.410 e. The van der Waals surface area contributed by atoms with E-state index in [1.807, 2.05) is 80.3 Å². The van der Waals surface area contributed by atoms with Gasteiger partial charge >= 0.3 is 6.09 Å². The number of nitrogens with zero attached hydrogens (tertiary/aromatic N) is 1. The highest BCUT2D eigenvalue weighted by Crippen LogP contribution is 2.37. The number of ether oxygens (including phenoxy) is 3. The Hall–Kier alpha value is -2.63. The molecule has 0 aromatic heterocycles. The van der Waals surface area contributed by atoms with Gasteiger partial charge in [0.2, 0.25) is 0 Å². The van der Waals surface area contributed by atoms with Gasteiger partial charge in [-0.05, 0) is 51.2 Å². The van der Waals surface area contributed by atoms with E-state index >= 15 is 0 Å². The summed E-state index contributed by atoms with van der Waals surface area (Å²) in [6.07, 6.45) is 4.21. The van der Waals surface area contributed by atoms with E-state index in [-0.39, 0.29) is 30.2 Å². The number of benzene rings is 2. The topological polar surface area (TPSA) is 48.0 Å². The number of rotatable bonds is 11. The molecule has 1 heterocycles. The minimum absolute atomic E-state index is 0.0101. The van der Waals surface area contributed by atoms with Gasteiger partial charge in [0.15, 0.2) is 0 Å². The molecule has 1 saturated heterocycles. The van der Waals surface area contributed by atoms with Crippen LogP contribution in [0.2, 0.25) is 0 Å². The van der Waals surface area contributed by atoms with Crippen molar-refractivity contribution in [2.45, 2.75) is 84.0 Å². The van der Waals surface area contributed by atoms with E-state index in [0.717, 1.165) is 30.4 Å². The summed E-state index contributed by atoms with van der Waals surface area (Å²) in [6.45, 7) is 13.1. The Labute approximate surface area is 211 Å². The highest BCUT2D eigenvalue weighted by Gasteiger charge is 2.50. The molecule has 1 amide bonds. The maximum atomic E-state index is 13.5. The molecule has 0 bridgehead atoms. The van der Waals surface area contributed by atoms with Crippen LogP contribution in [-0.4, -0.2) is 41.4 Å². The van der Waals surface area contributed by atoms with Gasteiger partial charge in [0.1, 0.15) is 5.60 Å². The zero-order valence-electron chi connectivity index (χ0n) is 21.7. The number of carbonyl (C=O) groups excluding carboxylic acids is 1. The number of allylic oxidation sites excluding steroid dienone is 1. The van der Waals surface area contributed by atoms with Gasteiger partial charge in [0.25, 0.3) is 0 Å². The van der Waals surface area contributed by atoms with Crippen molar-refractivity contribution in [2.75, 3.05) is 6.61 Å². The Morgan fingerprint density at radius 2 is 1.57 bits per heavy atom. The number of likely N-dealkylation sites (tertiary alicyclic amines) is 1. The first-order chi connectivity index (χ1) is 16.8. The number of hydrogen-bond donors (Lipinski definition) is 0. The third-order valence-corrected chi connectivity index (χ3v) is 6.42. The second-order valence-corrected chi connectivity index (χ2v) is 10.4. The van der Waals surface area contributed by atoms with Crippen LogP contribution in [0.4, 0.5) is 4.79 Å². The number of amides is 1. The van der Waals surface area contributed by atoms with E-state index in [9.17, 15) is 4.79 Å². The summed E-state index contributed by atoms with van der Waals surface area (Å²) in [4.78, 5) is 15.4. The van der Waals surface area contributed by atoms with Crippen LogP contribution in [0.25, 0.3) is 0 Å². The lowest BCUT2D eigenvalue weighted by Crippen LogP contribution is -2.48. The fourth-order valence-corrected chi connectivity index (χ4v) is 4.76. The van der Waals surface area contributed by atoms with E-state index in [2.05, 4.69) is 25.6 Å². The van der Waals surface area contributed by atoms with E-state index in [0.29, 0.717) is 19.8 Å². The van der Waals surface area contributed by atoms with E-state index in [1.165, 1.54) is 0 Å². The Bertz CT molecular complexity index is 909. The molecule has 1 aliphatic rings. The maximum absolute atomic E-state index is 13.5. The van der Waals surface area contributed by atoms with Crippen molar-refractivity contribution in [3.63, 3.8) is 0 Å². The molecular formula is C30H41NO4. The first-order valence-electron chi connectivity index (χ1n) is 12.7. The molecule has 0 saturated carbocycles. The normalized spacial score (nSPS) is 22.2. The molecule has 0 radical (unpaired) electrons. The van der Waals surface area contributed by atoms with Crippen molar-refractivity contribution in [1.82, 2.24) is 4.90 Å². The van der Waals surface area contributed by atoms with Crippen LogP contribution in [0.3, 0.4) is 0 Å². The lowest BCUT2D eigenvalue weighted by Gasteiger charge is -2.33. The molecule has 3 rings (SSSR count). The summed E-state index contributed by atoms with van der Waals surface area (Å²) in [7, 11) is 0. The summed E-state index contributed by atoms with van der Waals surface area (Å²) < 4.78 is 18.6. The molecule has 1 fully saturated rings. The Morgan fingerprint density at radius 1 is 0.971 bits per heavy atom. The van der Waals surface area contributed by atoms with E-state index in [4.69, 9.17) is 14.2 Å². The Morgan fingerprint density at radius 3 is 2.14 bits per heavy atom. The Kier molecular flexibility index (Phi) is 9.93. The van der Waals surface area contributed by atoms with Crippen LogP contribution in [0.5, 0.6) is 0 Å². The molecule has 2 aromatic rings. The fourth-order valence-electron chi connectivity index (χ4n) is 4.76. The monoisotopic (exact) mass is 479 g/mol. The van der Waals surface area contributed by atoms with Gasteiger partial charge in [0.05, 0.1) is 32.0 Å². The third-order valence-electron chi connectivity index (χ3n) is 6.42. The second kappa shape index (κ2) is 12.9. The van der Waals surface area contributed by atoms with Gasteiger partial charge in [-0.2, -0.15) is 0 Å². The second-order valence-electron chi connectivity index (χ2n) is 10.4. The highest BCUT2D eigenvalue weighted by atomic mass is 16.6. The summed E-state index contributed by atoms with van der Waals surface area (Å²) in [5.41, 5.74) is 1.64. The van der Waals surface area contributed by atoms with Gasteiger partial charge in [-0.25, -0.2) is 4.79 Å². The van der Waals surface area contributed by atoms with Crippen LogP contribution < -0.4 is 0 Å². The number of hydrogen-bond acceptors (Lipinski definition) is 4. The van der Waals surface area contributed by atoms with Gasteiger partial charge in [0, 0.05) is 12.0 Å². The number of carbonyl (C=O) groups is 1. The predicted octanol–water partition coefficient (Wildman–Crippen LogP) is 6.77. The lowest BCUT2D eigenvalue weighted by atomic mass is 9.94. The van der Waals surface area contributed by atoms with Crippen LogP contribution in [-0.2, 0) is 27.4 Å². The summed E-state index contributed by atoms with van der Waals surface area (Å²) >= 11 is 0. The van der Waals surface area contributed by atoms with Crippen LogP contribution >= 0.6 is 0 Å². The third kappa shape index (κ3) is 7.94. The lowest BCUT2D eigenvalue weighted by molar-refractivity contribution is -0.0402. The molecular weight excluding hydrogens is 438 g/mol. The molecule has 0 N–H and O–H groups in total.